The predicted molar refractivity (Wildman–Crippen MR) is 129 cm³/mol. The molecule has 0 heterocycles. The Hall–Kier alpha value is -2.00. The number of halogens is 2. The van der Waals surface area contributed by atoms with Gasteiger partial charge in [0.05, 0.1) is 17.7 Å². The quantitative estimate of drug-likeness (QED) is 0.474. The fraction of sp³-hybridized carbons (Fsp3) is 0.391. The van der Waals surface area contributed by atoms with Crippen LogP contribution in [0, 0.1) is 3.57 Å². The number of amides is 2. The SMILES string of the molecule is COc1cc(CN(C(=O)c2cc(I)ccc2Cl)C2CCCCC2)ccc1OCC(N)=O. The maximum Gasteiger partial charge on any atom is 0.255 e. The van der Waals surface area contributed by atoms with E-state index in [9.17, 15) is 9.59 Å². The second-order valence-electron chi connectivity index (χ2n) is 7.59. The van der Waals surface area contributed by atoms with Crippen LogP contribution < -0.4 is 15.2 Å². The monoisotopic (exact) mass is 556 g/mol. The van der Waals surface area contributed by atoms with Crippen LogP contribution in [0.25, 0.3) is 0 Å². The average molecular weight is 557 g/mol. The fourth-order valence-electron chi connectivity index (χ4n) is 3.85. The predicted octanol–water partition coefficient (Wildman–Crippen LogP) is 4.79. The Balaban J connectivity index is 1.89. The fourth-order valence-corrected chi connectivity index (χ4v) is 4.54. The minimum atomic E-state index is -0.561. The maximum absolute atomic E-state index is 13.6. The van der Waals surface area contributed by atoms with E-state index in [-0.39, 0.29) is 18.6 Å². The van der Waals surface area contributed by atoms with Crippen molar-refractivity contribution in [2.45, 2.75) is 44.7 Å². The highest BCUT2D eigenvalue weighted by Crippen LogP contribution is 2.32. The summed E-state index contributed by atoms with van der Waals surface area (Å²) in [7, 11) is 1.53. The van der Waals surface area contributed by atoms with Gasteiger partial charge in [-0.1, -0.05) is 36.9 Å². The zero-order valence-corrected chi connectivity index (χ0v) is 20.3. The van der Waals surface area contributed by atoms with Gasteiger partial charge in [0.15, 0.2) is 18.1 Å². The van der Waals surface area contributed by atoms with Crippen LogP contribution >= 0.6 is 34.2 Å². The Kier molecular flexibility index (Phi) is 8.43. The number of benzene rings is 2. The van der Waals surface area contributed by atoms with Crippen molar-refractivity contribution in [1.82, 2.24) is 4.90 Å². The lowest BCUT2D eigenvalue weighted by atomic mass is 9.93. The summed E-state index contributed by atoms with van der Waals surface area (Å²) in [6, 6.07) is 11.1. The number of primary amides is 1. The van der Waals surface area contributed by atoms with Gasteiger partial charge in [0.1, 0.15) is 0 Å². The van der Waals surface area contributed by atoms with Crippen LogP contribution in [-0.4, -0.2) is 36.5 Å². The number of carbonyl (C=O) groups is 2. The van der Waals surface area contributed by atoms with Crippen molar-refractivity contribution >= 4 is 46.0 Å². The highest BCUT2D eigenvalue weighted by atomic mass is 127. The Labute approximate surface area is 201 Å². The molecule has 0 aromatic heterocycles. The summed E-state index contributed by atoms with van der Waals surface area (Å²) in [6.07, 6.45) is 5.37. The third-order valence-electron chi connectivity index (χ3n) is 5.39. The van der Waals surface area contributed by atoms with Gasteiger partial charge in [0, 0.05) is 16.2 Å². The molecule has 0 radical (unpaired) electrons. The number of methoxy groups -OCH3 is 1. The molecule has 1 aliphatic carbocycles. The first-order chi connectivity index (χ1) is 14.9. The molecule has 6 nitrogen and oxygen atoms in total. The molecule has 8 heteroatoms. The number of rotatable bonds is 8. The van der Waals surface area contributed by atoms with Crippen molar-refractivity contribution < 1.29 is 19.1 Å². The van der Waals surface area contributed by atoms with Crippen LogP contribution in [0.2, 0.25) is 5.02 Å². The second-order valence-corrected chi connectivity index (χ2v) is 9.24. The minimum absolute atomic E-state index is 0.0663. The Morgan fingerprint density at radius 2 is 1.87 bits per heavy atom. The molecule has 2 aromatic rings. The lowest BCUT2D eigenvalue weighted by Gasteiger charge is -2.35. The molecule has 2 N–H and O–H groups in total. The molecule has 3 rings (SSSR count). The number of ether oxygens (including phenoxy) is 2. The molecule has 2 amide bonds. The summed E-state index contributed by atoms with van der Waals surface area (Å²) in [5.41, 5.74) is 6.59. The molecule has 0 unspecified atom stereocenters. The summed E-state index contributed by atoms with van der Waals surface area (Å²) in [6.45, 7) is 0.200. The molecule has 166 valence electrons. The van der Waals surface area contributed by atoms with E-state index in [1.807, 2.05) is 29.2 Å². The maximum atomic E-state index is 13.6. The lowest BCUT2D eigenvalue weighted by molar-refractivity contribution is -0.119. The minimum Gasteiger partial charge on any atom is -0.493 e. The van der Waals surface area contributed by atoms with Gasteiger partial charge < -0.3 is 20.1 Å². The first kappa shape index (κ1) is 23.7. The van der Waals surface area contributed by atoms with E-state index < -0.39 is 5.91 Å². The van der Waals surface area contributed by atoms with E-state index in [0.29, 0.717) is 28.6 Å². The molecule has 31 heavy (non-hydrogen) atoms. The molecular weight excluding hydrogens is 531 g/mol. The molecule has 0 atom stereocenters. The standard InChI is InChI=1S/C23H26ClIN2O4/c1-30-21-11-15(7-10-20(21)31-14-22(26)28)13-27(17-5-3-2-4-6-17)23(29)18-12-16(25)8-9-19(18)24/h7-12,17H,2-6,13-14H2,1H3,(H2,26,28). The molecule has 0 bridgehead atoms. The number of carbonyl (C=O) groups excluding carboxylic acids is 2. The molecule has 1 fully saturated rings. The van der Waals surface area contributed by atoms with Gasteiger partial charge in [-0.2, -0.15) is 0 Å². The highest BCUT2D eigenvalue weighted by Gasteiger charge is 2.28. The first-order valence-corrected chi connectivity index (χ1v) is 11.7. The van der Waals surface area contributed by atoms with Gasteiger partial charge in [-0.25, -0.2) is 0 Å². The van der Waals surface area contributed by atoms with Crippen molar-refractivity contribution in [2.24, 2.45) is 5.73 Å². The second kappa shape index (κ2) is 11.0. The van der Waals surface area contributed by atoms with Crippen LogP contribution in [0.15, 0.2) is 36.4 Å². The molecule has 0 saturated heterocycles. The summed E-state index contributed by atoms with van der Waals surface area (Å²) >= 11 is 8.57. The lowest BCUT2D eigenvalue weighted by Crippen LogP contribution is -2.41. The summed E-state index contributed by atoms with van der Waals surface area (Å²) < 4.78 is 11.8. The first-order valence-electron chi connectivity index (χ1n) is 10.2. The molecule has 2 aromatic carbocycles. The Bertz CT molecular complexity index is 947. The third-order valence-corrected chi connectivity index (χ3v) is 6.39. The van der Waals surface area contributed by atoms with Crippen LogP contribution in [0.4, 0.5) is 0 Å². The van der Waals surface area contributed by atoms with Crippen molar-refractivity contribution in [3.63, 3.8) is 0 Å². The number of hydrogen-bond donors (Lipinski definition) is 1. The van der Waals surface area contributed by atoms with Gasteiger partial charge >= 0.3 is 0 Å². The summed E-state index contributed by atoms with van der Waals surface area (Å²) in [5, 5.41) is 0.457. The molecular formula is C23H26ClIN2O4. The van der Waals surface area contributed by atoms with Crippen LogP contribution in [0.3, 0.4) is 0 Å². The van der Waals surface area contributed by atoms with Crippen LogP contribution in [-0.2, 0) is 11.3 Å². The normalized spacial score (nSPS) is 14.2. The van der Waals surface area contributed by atoms with Gasteiger partial charge in [-0.05, 0) is 71.3 Å². The molecule has 0 spiro atoms. The van der Waals surface area contributed by atoms with E-state index in [4.69, 9.17) is 26.8 Å². The zero-order valence-electron chi connectivity index (χ0n) is 17.4. The third kappa shape index (κ3) is 6.26. The summed E-state index contributed by atoms with van der Waals surface area (Å²) in [5.74, 6) is 0.293. The van der Waals surface area contributed by atoms with Crippen molar-refractivity contribution in [2.75, 3.05) is 13.7 Å². The smallest absolute Gasteiger partial charge is 0.255 e. The average Bonchev–Trinajstić information content (AvgIpc) is 2.78. The largest absolute Gasteiger partial charge is 0.493 e. The topological polar surface area (TPSA) is 81.9 Å². The number of hydrogen-bond acceptors (Lipinski definition) is 4. The van der Waals surface area contributed by atoms with E-state index in [0.717, 1.165) is 34.8 Å². The van der Waals surface area contributed by atoms with Crippen molar-refractivity contribution in [1.29, 1.82) is 0 Å². The highest BCUT2D eigenvalue weighted by molar-refractivity contribution is 14.1. The number of nitrogens with two attached hydrogens (primary N) is 1. The van der Waals surface area contributed by atoms with Gasteiger partial charge in [-0.15, -0.1) is 0 Å². The van der Waals surface area contributed by atoms with Crippen LogP contribution in [0.5, 0.6) is 11.5 Å². The van der Waals surface area contributed by atoms with E-state index in [1.54, 1.807) is 12.1 Å². The summed E-state index contributed by atoms with van der Waals surface area (Å²) in [4.78, 5) is 26.5. The van der Waals surface area contributed by atoms with Gasteiger partial charge in [0.2, 0.25) is 0 Å². The number of nitrogens with zero attached hydrogens (tertiary/aromatic N) is 1. The Morgan fingerprint density at radius 3 is 2.55 bits per heavy atom. The molecule has 1 saturated carbocycles. The van der Waals surface area contributed by atoms with Crippen molar-refractivity contribution in [3.8, 4) is 11.5 Å². The Morgan fingerprint density at radius 1 is 1.13 bits per heavy atom. The van der Waals surface area contributed by atoms with E-state index in [1.165, 1.54) is 13.5 Å². The van der Waals surface area contributed by atoms with E-state index in [2.05, 4.69) is 22.6 Å². The van der Waals surface area contributed by atoms with Gasteiger partial charge in [0.25, 0.3) is 11.8 Å². The van der Waals surface area contributed by atoms with Gasteiger partial charge in [-0.3, -0.25) is 9.59 Å². The molecule has 1 aliphatic rings. The van der Waals surface area contributed by atoms with Crippen LogP contribution in [0.1, 0.15) is 48.0 Å². The van der Waals surface area contributed by atoms with E-state index >= 15 is 0 Å². The van der Waals surface area contributed by atoms with Crippen molar-refractivity contribution in [3.05, 3.63) is 56.1 Å². The molecule has 0 aliphatic heterocycles. The zero-order chi connectivity index (χ0) is 22.4.